The fraction of sp³-hybridized carbons (Fsp3) is 0.333. The number of likely N-dealkylation sites (tertiary alicyclic amines) is 1. The molecule has 0 saturated carbocycles. The molecule has 4 nitrogen and oxygen atoms in total. The van der Waals surface area contributed by atoms with Gasteiger partial charge in [-0.3, -0.25) is 9.59 Å². The molecule has 3 aromatic rings. The Labute approximate surface area is 183 Å². The van der Waals surface area contributed by atoms with Gasteiger partial charge in [-0.2, -0.15) is 0 Å². The lowest BCUT2D eigenvalue weighted by Gasteiger charge is -2.39. The maximum absolute atomic E-state index is 13.5. The van der Waals surface area contributed by atoms with Crippen LogP contribution in [0, 0.1) is 5.92 Å². The van der Waals surface area contributed by atoms with Crippen molar-refractivity contribution in [1.29, 1.82) is 0 Å². The number of para-hydroxylation sites is 1. The Kier molecular flexibility index (Phi) is 5.23. The molecule has 158 valence electrons. The van der Waals surface area contributed by atoms with E-state index in [-0.39, 0.29) is 23.8 Å². The summed E-state index contributed by atoms with van der Waals surface area (Å²) in [5.74, 6) is 0.265. The zero-order chi connectivity index (χ0) is 21.4. The van der Waals surface area contributed by atoms with E-state index < -0.39 is 0 Å². The Morgan fingerprint density at radius 1 is 0.839 bits per heavy atom. The summed E-state index contributed by atoms with van der Waals surface area (Å²) in [6.45, 7) is 3.40. The molecule has 2 aliphatic heterocycles. The van der Waals surface area contributed by atoms with Crippen molar-refractivity contribution in [3.8, 4) is 0 Å². The van der Waals surface area contributed by atoms with E-state index in [4.69, 9.17) is 0 Å². The van der Waals surface area contributed by atoms with Gasteiger partial charge in [0.05, 0.1) is 0 Å². The molecule has 0 spiro atoms. The number of hydrogen-bond donors (Lipinski definition) is 0. The number of amides is 2. The molecule has 1 fully saturated rings. The number of carbonyl (C=O) groups is 2. The highest BCUT2D eigenvalue weighted by Crippen LogP contribution is 2.33. The number of fused-ring (bicyclic) bond motifs is 2. The maximum atomic E-state index is 13.5. The van der Waals surface area contributed by atoms with Crippen molar-refractivity contribution in [1.82, 2.24) is 4.90 Å². The second-order valence-electron chi connectivity index (χ2n) is 8.82. The van der Waals surface area contributed by atoms with Gasteiger partial charge in [0.1, 0.15) is 0 Å². The van der Waals surface area contributed by atoms with Crippen LogP contribution >= 0.6 is 0 Å². The molecule has 31 heavy (non-hydrogen) atoms. The number of rotatable bonds is 2. The predicted molar refractivity (Wildman–Crippen MR) is 124 cm³/mol. The molecule has 1 atom stereocenters. The molecule has 2 heterocycles. The van der Waals surface area contributed by atoms with Gasteiger partial charge in [0.15, 0.2) is 0 Å². The number of anilines is 1. The number of nitrogens with zero attached hydrogens (tertiary/aromatic N) is 2. The van der Waals surface area contributed by atoms with Gasteiger partial charge in [0.25, 0.3) is 5.91 Å². The number of hydrogen-bond acceptors (Lipinski definition) is 2. The van der Waals surface area contributed by atoms with Gasteiger partial charge >= 0.3 is 0 Å². The van der Waals surface area contributed by atoms with Crippen LogP contribution in [0.3, 0.4) is 0 Å². The summed E-state index contributed by atoms with van der Waals surface area (Å²) >= 11 is 0. The van der Waals surface area contributed by atoms with Crippen LogP contribution in [0.25, 0.3) is 10.8 Å². The van der Waals surface area contributed by atoms with Crippen molar-refractivity contribution < 1.29 is 9.59 Å². The van der Waals surface area contributed by atoms with Crippen molar-refractivity contribution in [2.24, 2.45) is 5.92 Å². The molecule has 2 amide bonds. The van der Waals surface area contributed by atoms with Crippen LogP contribution in [0.1, 0.15) is 42.1 Å². The summed E-state index contributed by atoms with van der Waals surface area (Å²) in [5.41, 5.74) is 3.08. The molecule has 0 N–H and O–H groups in total. The van der Waals surface area contributed by atoms with Crippen molar-refractivity contribution in [3.05, 3.63) is 77.9 Å². The minimum Gasteiger partial charge on any atom is -0.339 e. The monoisotopic (exact) mass is 412 g/mol. The van der Waals surface area contributed by atoms with Crippen LogP contribution in [0.2, 0.25) is 0 Å². The number of aryl methyl sites for hydroxylation is 1. The summed E-state index contributed by atoms with van der Waals surface area (Å²) in [4.78, 5) is 30.6. The van der Waals surface area contributed by atoms with Crippen molar-refractivity contribution >= 4 is 28.3 Å². The van der Waals surface area contributed by atoms with Gasteiger partial charge in [-0.05, 0) is 61.1 Å². The SMILES string of the molecule is CC1CCc2ccccc2N1C(=O)C1CCN(C(=O)c2cccc3ccccc23)CC1. The van der Waals surface area contributed by atoms with E-state index in [1.165, 1.54) is 5.56 Å². The minimum absolute atomic E-state index is 0.0230. The zero-order valence-electron chi connectivity index (χ0n) is 18.0. The van der Waals surface area contributed by atoms with E-state index >= 15 is 0 Å². The molecule has 0 aromatic heterocycles. The lowest BCUT2D eigenvalue weighted by molar-refractivity contribution is -0.124. The van der Waals surface area contributed by atoms with Gasteiger partial charge in [0.2, 0.25) is 5.91 Å². The molecule has 0 bridgehead atoms. The molecular formula is C27H28N2O2. The smallest absolute Gasteiger partial charge is 0.254 e. The summed E-state index contributed by atoms with van der Waals surface area (Å²) < 4.78 is 0. The Bertz CT molecular complexity index is 1130. The van der Waals surface area contributed by atoms with Gasteiger partial charge < -0.3 is 9.80 Å². The molecule has 3 aromatic carbocycles. The third-order valence-electron chi connectivity index (χ3n) is 6.91. The average Bonchev–Trinajstić information content (AvgIpc) is 2.83. The fourth-order valence-electron chi connectivity index (χ4n) is 5.13. The van der Waals surface area contributed by atoms with Crippen LogP contribution in [0.5, 0.6) is 0 Å². The molecule has 1 unspecified atom stereocenters. The van der Waals surface area contributed by atoms with E-state index in [9.17, 15) is 9.59 Å². The largest absolute Gasteiger partial charge is 0.339 e. The fourth-order valence-corrected chi connectivity index (χ4v) is 5.13. The quantitative estimate of drug-likeness (QED) is 0.590. The standard InChI is InChI=1S/C27H28N2O2/c1-19-13-14-21-8-3-5-12-25(21)29(19)26(30)22-15-17-28(18-16-22)27(31)24-11-6-9-20-7-2-4-10-23(20)24/h2-12,19,22H,13-18H2,1H3. The van der Waals surface area contributed by atoms with Crippen molar-refractivity contribution in [3.63, 3.8) is 0 Å². The Hall–Kier alpha value is -3.14. The zero-order valence-corrected chi connectivity index (χ0v) is 18.0. The van der Waals surface area contributed by atoms with Crippen LogP contribution in [0.4, 0.5) is 5.69 Å². The lowest BCUT2D eigenvalue weighted by atomic mass is 9.90. The number of piperidine rings is 1. The topological polar surface area (TPSA) is 40.6 Å². The van der Waals surface area contributed by atoms with E-state index in [1.807, 2.05) is 58.3 Å². The predicted octanol–water partition coefficient (Wildman–Crippen LogP) is 5.06. The first-order valence-corrected chi connectivity index (χ1v) is 11.3. The van der Waals surface area contributed by atoms with E-state index in [0.29, 0.717) is 13.1 Å². The third kappa shape index (κ3) is 3.60. The van der Waals surface area contributed by atoms with Crippen LogP contribution in [-0.2, 0) is 11.2 Å². The number of carbonyl (C=O) groups excluding carboxylic acids is 2. The molecule has 2 aliphatic rings. The Morgan fingerprint density at radius 2 is 1.55 bits per heavy atom. The highest BCUT2D eigenvalue weighted by molar-refractivity contribution is 6.07. The first-order chi connectivity index (χ1) is 15.1. The average molecular weight is 413 g/mol. The van der Waals surface area contributed by atoms with Gasteiger partial charge in [0, 0.05) is 36.3 Å². The first kappa shape index (κ1) is 19.8. The Balaban J connectivity index is 1.30. The molecule has 0 aliphatic carbocycles. The normalized spacial score (nSPS) is 19.3. The van der Waals surface area contributed by atoms with E-state index in [2.05, 4.69) is 25.1 Å². The Morgan fingerprint density at radius 3 is 2.39 bits per heavy atom. The maximum Gasteiger partial charge on any atom is 0.254 e. The third-order valence-corrected chi connectivity index (χ3v) is 6.91. The highest BCUT2D eigenvalue weighted by Gasteiger charge is 2.35. The molecule has 4 heteroatoms. The molecule has 1 saturated heterocycles. The van der Waals surface area contributed by atoms with Crippen LogP contribution < -0.4 is 4.90 Å². The number of benzene rings is 3. The van der Waals surface area contributed by atoms with Crippen molar-refractivity contribution in [2.45, 2.75) is 38.6 Å². The summed E-state index contributed by atoms with van der Waals surface area (Å²) in [6, 6.07) is 22.4. The second-order valence-corrected chi connectivity index (χ2v) is 8.82. The minimum atomic E-state index is -0.0230. The second kappa shape index (κ2) is 8.18. The molecular weight excluding hydrogens is 384 g/mol. The van der Waals surface area contributed by atoms with Gasteiger partial charge in [-0.15, -0.1) is 0 Å². The van der Waals surface area contributed by atoms with Crippen molar-refractivity contribution in [2.75, 3.05) is 18.0 Å². The molecule has 5 rings (SSSR count). The van der Waals surface area contributed by atoms with Gasteiger partial charge in [-0.25, -0.2) is 0 Å². The molecule has 0 radical (unpaired) electrons. The first-order valence-electron chi connectivity index (χ1n) is 11.3. The van der Waals surface area contributed by atoms with Crippen LogP contribution in [0.15, 0.2) is 66.7 Å². The summed E-state index contributed by atoms with van der Waals surface area (Å²) in [6.07, 6.45) is 3.47. The van der Waals surface area contributed by atoms with E-state index in [1.54, 1.807) is 0 Å². The van der Waals surface area contributed by atoms with E-state index in [0.717, 1.165) is 47.7 Å². The summed E-state index contributed by atoms with van der Waals surface area (Å²) in [7, 11) is 0. The lowest BCUT2D eigenvalue weighted by Crippen LogP contribution is -2.48. The van der Waals surface area contributed by atoms with Crippen LogP contribution in [-0.4, -0.2) is 35.8 Å². The summed E-state index contributed by atoms with van der Waals surface area (Å²) in [5, 5.41) is 2.07. The van der Waals surface area contributed by atoms with Gasteiger partial charge in [-0.1, -0.05) is 54.6 Å². The highest BCUT2D eigenvalue weighted by atomic mass is 16.2.